The first-order chi connectivity index (χ1) is 14.6. The molecule has 3 aromatic carbocycles. The molecule has 0 saturated heterocycles. The van der Waals surface area contributed by atoms with Crippen LogP contribution in [0.15, 0.2) is 72.8 Å². The van der Waals surface area contributed by atoms with Gasteiger partial charge in [-0.2, -0.15) is 0 Å². The Morgan fingerprint density at radius 1 is 0.833 bits per heavy atom. The summed E-state index contributed by atoms with van der Waals surface area (Å²) in [6, 6.07) is 24.9. The Morgan fingerprint density at radius 2 is 1.40 bits per heavy atom. The maximum Gasteiger partial charge on any atom is 0.303 e. The van der Waals surface area contributed by atoms with Gasteiger partial charge in [0.25, 0.3) is 0 Å². The van der Waals surface area contributed by atoms with Crippen LogP contribution in [0.3, 0.4) is 0 Å². The minimum atomic E-state index is -0.269. The molecule has 3 aromatic rings. The lowest BCUT2D eigenvalue weighted by molar-refractivity contribution is -0.145. The summed E-state index contributed by atoms with van der Waals surface area (Å²) in [5.74, 6) is 0.644. The summed E-state index contributed by atoms with van der Waals surface area (Å²) < 4.78 is 11.1. The third-order valence-corrected chi connectivity index (χ3v) is 5.14. The van der Waals surface area contributed by atoms with E-state index >= 15 is 0 Å². The molecule has 3 rings (SSSR count). The predicted molar refractivity (Wildman–Crippen MR) is 123 cm³/mol. The van der Waals surface area contributed by atoms with E-state index in [1.54, 1.807) is 0 Å². The first-order valence-electron chi connectivity index (χ1n) is 10.7. The molecule has 0 N–H and O–H groups in total. The zero-order valence-corrected chi connectivity index (χ0v) is 18.1. The third kappa shape index (κ3) is 5.73. The van der Waals surface area contributed by atoms with Crippen LogP contribution in [0.25, 0.3) is 22.3 Å². The van der Waals surface area contributed by atoms with Crippen molar-refractivity contribution in [2.45, 2.75) is 46.1 Å². The lowest BCUT2D eigenvalue weighted by atomic mass is 9.94. The predicted octanol–water partition coefficient (Wildman–Crippen LogP) is 7.21. The molecule has 0 bridgehead atoms. The van der Waals surface area contributed by atoms with Gasteiger partial charge in [0.05, 0.1) is 6.61 Å². The van der Waals surface area contributed by atoms with Gasteiger partial charge in [-0.15, -0.1) is 0 Å². The normalized spacial score (nSPS) is 11.7. The van der Waals surface area contributed by atoms with Gasteiger partial charge < -0.3 is 9.47 Å². The fourth-order valence-corrected chi connectivity index (χ4v) is 3.51. The monoisotopic (exact) mass is 402 g/mol. The van der Waals surface area contributed by atoms with E-state index in [1.165, 1.54) is 30.9 Å². The van der Waals surface area contributed by atoms with E-state index < -0.39 is 0 Å². The van der Waals surface area contributed by atoms with Crippen LogP contribution >= 0.6 is 0 Å². The third-order valence-electron chi connectivity index (χ3n) is 5.14. The zero-order chi connectivity index (χ0) is 21.3. The number of benzene rings is 3. The molecule has 0 aliphatic heterocycles. The molecule has 0 aliphatic carbocycles. The van der Waals surface area contributed by atoms with Crippen LogP contribution in [-0.4, -0.2) is 12.6 Å². The Morgan fingerprint density at radius 3 is 1.93 bits per heavy atom. The molecule has 0 aliphatic rings. The second-order valence-electron chi connectivity index (χ2n) is 7.50. The summed E-state index contributed by atoms with van der Waals surface area (Å²) in [7, 11) is 0. The van der Waals surface area contributed by atoms with Gasteiger partial charge >= 0.3 is 5.97 Å². The van der Waals surface area contributed by atoms with Crippen LogP contribution < -0.4 is 4.74 Å². The Kier molecular flexibility index (Phi) is 7.67. The van der Waals surface area contributed by atoms with Crippen molar-refractivity contribution in [3.05, 3.63) is 78.4 Å². The molecule has 0 spiro atoms. The van der Waals surface area contributed by atoms with Crippen molar-refractivity contribution in [3.8, 4) is 28.0 Å². The molecule has 0 saturated carbocycles. The van der Waals surface area contributed by atoms with Crippen molar-refractivity contribution in [3.63, 3.8) is 0 Å². The average molecular weight is 403 g/mol. The molecule has 1 unspecified atom stereocenters. The highest BCUT2D eigenvalue weighted by Crippen LogP contribution is 2.33. The molecule has 0 heterocycles. The smallest absolute Gasteiger partial charge is 0.303 e. The zero-order valence-electron chi connectivity index (χ0n) is 18.1. The highest BCUT2D eigenvalue weighted by atomic mass is 16.5. The largest absolute Gasteiger partial charge is 0.494 e. The molecule has 30 heavy (non-hydrogen) atoms. The number of hydrogen-bond donors (Lipinski definition) is 0. The van der Waals surface area contributed by atoms with Gasteiger partial charge in [0.2, 0.25) is 0 Å². The molecule has 0 fully saturated rings. The minimum absolute atomic E-state index is 0.253. The van der Waals surface area contributed by atoms with Gasteiger partial charge in [0, 0.05) is 6.92 Å². The summed E-state index contributed by atoms with van der Waals surface area (Å²) in [5.41, 5.74) is 5.61. The highest BCUT2D eigenvalue weighted by molar-refractivity contribution is 5.83. The van der Waals surface area contributed by atoms with Crippen LogP contribution in [0.5, 0.6) is 5.75 Å². The number of rotatable bonds is 9. The Bertz CT molecular complexity index is 943. The highest BCUT2D eigenvalue weighted by Gasteiger charge is 2.11. The number of hydrogen-bond acceptors (Lipinski definition) is 3. The Labute approximate surface area is 179 Å². The summed E-state index contributed by atoms with van der Waals surface area (Å²) in [4.78, 5) is 11.2. The molecule has 156 valence electrons. The van der Waals surface area contributed by atoms with Crippen LogP contribution in [0.1, 0.15) is 51.7 Å². The van der Waals surface area contributed by atoms with Gasteiger partial charge in [-0.25, -0.2) is 0 Å². The number of unbranched alkanes of at least 4 members (excludes halogenated alkanes) is 2. The number of carbonyl (C=O) groups is 1. The van der Waals surface area contributed by atoms with Crippen molar-refractivity contribution in [1.82, 2.24) is 0 Å². The molecule has 3 heteroatoms. The van der Waals surface area contributed by atoms with Gasteiger partial charge in [0.1, 0.15) is 11.9 Å². The van der Waals surface area contributed by atoms with Crippen molar-refractivity contribution < 1.29 is 14.3 Å². The number of carbonyl (C=O) groups excluding carboxylic acids is 1. The molecule has 1 atom stereocenters. The SMILES string of the molecule is CCCCCOc1ccc(-c2ccccc2-c2ccc(C(C)OC(C)=O)cc2)cc1. The van der Waals surface area contributed by atoms with Crippen LogP contribution in [0.4, 0.5) is 0 Å². The maximum absolute atomic E-state index is 11.2. The van der Waals surface area contributed by atoms with Crippen molar-refractivity contribution in [2.75, 3.05) is 6.61 Å². The summed E-state index contributed by atoms with van der Waals surface area (Å²) in [6.45, 7) is 6.28. The quantitative estimate of drug-likeness (QED) is 0.280. The van der Waals surface area contributed by atoms with E-state index in [9.17, 15) is 4.79 Å². The summed E-state index contributed by atoms with van der Waals surface area (Å²) in [6.07, 6.45) is 3.23. The van der Waals surface area contributed by atoms with Crippen LogP contribution in [0, 0.1) is 0 Å². The fraction of sp³-hybridized carbons (Fsp3) is 0.296. The van der Waals surface area contributed by atoms with Crippen molar-refractivity contribution in [2.24, 2.45) is 0 Å². The standard InChI is InChI=1S/C27H30O3/c1-4-5-8-19-29-25-17-15-24(16-18-25)27-10-7-6-9-26(27)23-13-11-22(12-14-23)20(2)30-21(3)28/h6-7,9-18,20H,4-5,8,19H2,1-3H3. The molecule has 0 radical (unpaired) electrons. The van der Waals surface area contributed by atoms with E-state index in [4.69, 9.17) is 9.47 Å². The Balaban J connectivity index is 1.78. The maximum atomic E-state index is 11.2. The lowest BCUT2D eigenvalue weighted by Gasteiger charge is -2.14. The molecular formula is C27H30O3. The first-order valence-corrected chi connectivity index (χ1v) is 10.7. The molecule has 0 aromatic heterocycles. The van der Waals surface area contributed by atoms with E-state index in [2.05, 4.69) is 55.5 Å². The van der Waals surface area contributed by atoms with E-state index in [0.29, 0.717) is 0 Å². The Hall–Kier alpha value is -3.07. The first kappa shape index (κ1) is 21.6. The van der Waals surface area contributed by atoms with Gasteiger partial charge in [-0.05, 0) is 53.3 Å². The minimum Gasteiger partial charge on any atom is -0.494 e. The fourth-order valence-electron chi connectivity index (χ4n) is 3.51. The van der Waals surface area contributed by atoms with Crippen molar-refractivity contribution >= 4 is 5.97 Å². The van der Waals surface area contributed by atoms with Gasteiger partial charge in [-0.1, -0.05) is 80.4 Å². The lowest BCUT2D eigenvalue weighted by Crippen LogP contribution is -2.04. The second-order valence-corrected chi connectivity index (χ2v) is 7.50. The topological polar surface area (TPSA) is 35.5 Å². The number of ether oxygens (including phenoxy) is 2. The second kappa shape index (κ2) is 10.6. The number of esters is 1. The van der Waals surface area contributed by atoms with Crippen LogP contribution in [0.2, 0.25) is 0 Å². The van der Waals surface area contributed by atoms with E-state index in [-0.39, 0.29) is 12.1 Å². The van der Waals surface area contributed by atoms with E-state index in [1.807, 2.05) is 31.2 Å². The van der Waals surface area contributed by atoms with Gasteiger partial charge in [-0.3, -0.25) is 4.79 Å². The van der Waals surface area contributed by atoms with Crippen LogP contribution in [-0.2, 0) is 9.53 Å². The van der Waals surface area contributed by atoms with Gasteiger partial charge in [0.15, 0.2) is 0 Å². The molecule has 3 nitrogen and oxygen atoms in total. The molecule has 0 amide bonds. The van der Waals surface area contributed by atoms with Crippen molar-refractivity contribution in [1.29, 1.82) is 0 Å². The summed E-state index contributed by atoms with van der Waals surface area (Å²) >= 11 is 0. The van der Waals surface area contributed by atoms with E-state index in [0.717, 1.165) is 35.5 Å². The summed E-state index contributed by atoms with van der Waals surface area (Å²) in [5, 5.41) is 0. The molecular weight excluding hydrogens is 372 g/mol. The average Bonchev–Trinajstić information content (AvgIpc) is 2.77.